The van der Waals surface area contributed by atoms with E-state index in [9.17, 15) is 13.5 Å². The molecule has 1 aromatic rings. The number of ether oxygens (including phenoxy) is 1. The largest absolute Gasteiger partial charge is 0.494 e. The van der Waals surface area contributed by atoms with Gasteiger partial charge in [0.2, 0.25) is 10.0 Å². The van der Waals surface area contributed by atoms with Gasteiger partial charge in [-0.2, -0.15) is 0 Å². The standard InChI is InChI=1S/C12H15BrClNO4S/c1-19-12-9(13)4-8(14)5-11(12)20(17,18)15-6-10(16)7-2-3-7/h4-5,7,10,15-16H,2-3,6H2,1H3. The van der Waals surface area contributed by atoms with Gasteiger partial charge < -0.3 is 9.84 Å². The first-order chi connectivity index (χ1) is 9.35. The fourth-order valence-electron chi connectivity index (χ4n) is 1.85. The SMILES string of the molecule is COc1c(Br)cc(Cl)cc1S(=O)(=O)NCC(O)C1CC1. The van der Waals surface area contributed by atoms with Gasteiger partial charge in [-0.3, -0.25) is 0 Å². The van der Waals surface area contributed by atoms with Gasteiger partial charge in [-0.05, 0) is 46.8 Å². The zero-order chi connectivity index (χ0) is 14.9. The van der Waals surface area contributed by atoms with Gasteiger partial charge in [0, 0.05) is 11.6 Å². The molecule has 0 aromatic heterocycles. The molecule has 0 heterocycles. The van der Waals surface area contributed by atoms with Crippen molar-refractivity contribution in [2.24, 2.45) is 5.92 Å². The minimum Gasteiger partial charge on any atom is -0.494 e. The van der Waals surface area contributed by atoms with Gasteiger partial charge in [-0.1, -0.05) is 11.6 Å². The van der Waals surface area contributed by atoms with E-state index in [4.69, 9.17) is 16.3 Å². The highest BCUT2D eigenvalue weighted by atomic mass is 79.9. The Morgan fingerprint density at radius 2 is 2.20 bits per heavy atom. The van der Waals surface area contributed by atoms with E-state index in [1.165, 1.54) is 13.2 Å². The van der Waals surface area contributed by atoms with Crippen LogP contribution < -0.4 is 9.46 Å². The van der Waals surface area contributed by atoms with Crippen LogP contribution in [0.15, 0.2) is 21.5 Å². The third-order valence-corrected chi connectivity index (χ3v) is 5.35. The molecule has 112 valence electrons. The van der Waals surface area contributed by atoms with Gasteiger partial charge >= 0.3 is 0 Å². The Morgan fingerprint density at radius 3 is 2.75 bits per heavy atom. The second kappa shape index (κ2) is 6.19. The van der Waals surface area contributed by atoms with Crippen LogP contribution in [0, 0.1) is 5.92 Å². The molecule has 1 aliphatic rings. The highest BCUT2D eigenvalue weighted by molar-refractivity contribution is 9.10. The van der Waals surface area contributed by atoms with Crippen LogP contribution in [0.4, 0.5) is 0 Å². The van der Waals surface area contributed by atoms with Crippen molar-refractivity contribution in [1.82, 2.24) is 4.72 Å². The number of hydrogen-bond donors (Lipinski definition) is 2. The minimum atomic E-state index is -3.80. The van der Waals surface area contributed by atoms with Gasteiger partial charge in [0.25, 0.3) is 0 Å². The van der Waals surface area contributed by atoms with Gasteiger partial charge in [0.05, 0.1) is 17.7 Å². The monoisotopic (exact) mass is 383 g/mol. The molecule has 2 N–H and O–H groups in total. The van der Waals surface area contributed by atoms with Crippen LogP contribution in [0.1, 0.15) is 12.8 Å². The molecule has 1 unspecified atom stereocenters. The summed E-state index contributed by atoms with van der Waals surface area (Å²) in [6.07, 6.45) is 1.22. The van der Waals surface area contributed by atoms with Crippen molar-refractivity contribution in [2.45, 2.75) is 23.8 Å². The predicted molar refractivity (Wildman–Crippen MR) is 79.6 cm³/mol. The Bertz CT molecular complexity index is 604. The van der Waals surface area contributed by atoms with Crippen molar-refractivity contribution < 1.29 is 18.3 Å². The van der Waals surface area contributed by atoms with E-state index in [2.05, 4.69) is 20.7 Å². The Kier molecular flexibility index (Phi) is 4.96. The third-order valence-electron chi connectivity index (χ3n) is 3.12. The van der Waals surface area contributed by atoms with E-state index in [0.29, 0.717) is 4.47 Å². The number of rotatable bonds is 6. The van der Waals surface area contributed by atoms with E-state index in [1.54, 1.807) is 6.07 Å². The molecule has 1 fully saturated rings. The van der Waals surface area contributed by atoms with E-state index in [-0.39, 0.29) is 28.1 Å². The molecule has 5 nitrogen and oxygen atoms in total. The van der Waals surface area contributed by atoms with Crippen LogP contribution >= 0.6 is 27.5 Å². The summed E-state index contributed by atoms with van der Waals surface area (Å²) in [6.45, 7) is -0.0136. The Labute approximate surface area is 131 Å². The first kappa shape index (κ1) is 16.0. The van der Waals surface area contributed by atoms with Crippen LogP contribution in [0.5, 0.6) is 5.75 Å². The molecule has 0 radical (unpaired) electrons. The van der Waals surface area contributed by atoms with Crippen LogP contribution in [0.2, 0.25) is 5.02 Å². The molecule has 1 atom stereocenters. The Hall–Kier alpha value is -0.340. The molecule has 1 aliphatic carbocycles. The smallest absolute Gasteiger partial charge is 0.244 e. The lowest BCUT2D eigenvalue weighted by Crippen LogP contribution is -2.33. The molecule has 0 spiro atoms. The van der Waals surface area contributed by atoms with E-state index < -0.39 is 16.1 Å². The first-order valence-corrected chi connectivity index (χ1v) is 8.71. The summed E-state index contributed by atoms with van der Waals surface area (Å²) in [5.74, 6) is 0.383. The number of sulfonamides is 1. The van der Waals surface area contributed by atoms with Gasteiger partial charge in [0.15, 0.2) is 5.75 Å². The van der Waals surface area contributed by atoms with Crippen LogP contribution in [-0.2, 0) is 10.0 Å². The summed E-state index contributed by atoms with van der Waals surface area (Å²) >= 11 is 9.09. The number of aliphatic hydroxyl groups excluding tert-OH is 1. The zero-order valence-corrected chi connectivity index (χ0v) is 13.9. The van der Waals surface area contributed by atoms with E-state index >= 15 is 0 Å². The molecule has 0 bridgehead atoms. The molecular weight excluding hydrogens is 370 g/mol. The van der Waals surface area contributed by atoms with Crippen molar-refractivity contribution in [3.05, 3.63) is 21.6 Å². The topological polar surface area (TPSA) is 75.6 Å². The zero-order valence-electron chi connectivity index (χ0n) is 10.8. The van der Waals surface area contributed by atoms with Crippen molar-refractivity contribution in [2.75, 3.05) is 13.7 Å². The van der Waals surface area contributed by atoms with Crippen molar-refractivity contribution in [1.29, 1.82) is 0 Å². The lowest BCUT2D eigenvalue weighted by atomic mass is 10.2. The number of halogens is 2. The van der Waals surface area contributed by atoms with Crippen LogP contribution in [-0.4, -0.2) is 33.3 Å². The average Bonchev–Trinajstić information content (AvgIpc) is 3.19. The fraction of sp³-hybridized carbons (Fsp3) is 0.500. The lowest BCUT2D eigenvalue weighted by molar-refractivity contribution is 0.155. The number of benzene rings is 1. The maximum Gasteiger partial charge on any atom is 0.244 e. The molecule has 0 aliphatic heterocycles. The third kappa shape index (κ3) is 3.65. The molecule has 1 saturated carbocycles. The normalized spacial score (nSPS) is 17.0. The number of methoxy groups -OCH3 is 1. The minimum absolute atomic E-state index is 0.0136. The molecular formula is C12H15BrClNO4S. The van der Waals surface area contributed by atoms with Crippen LogP contribution in [0.3, 0.4) is 0 Å². The maximum atomic E-state index is 12.3. The molecule has 8 heteroatoms. The second-order valence-corrected chi connectivity index (χ2v) is 7.70. The molecule has 2 rings (SSSR count). The summed E-state index contributed by atoms with van der Waals surface area (Å²) in [5.41, 5.74) is 0. The first-order valence-electron chi connectivity index (χ1n) is 6.06. The lowest BCUT2D eigenvalue weighted by Gasteiger charge is -2.14. The summed E-state index contributed by atoms with van der Waals surface area (Å²) in [4.78, 5) is -0.0534. The highest BCUT2D eigenvalue weighted by Crippen LogP contribution is 2.36. The van der Waals surface area contributed by atoms with Crippen molar-refractivity contribution >= 4 is 37.6 Å². The average molecular weight is 385 g/mol. The molecule has 1 aromatic carbocycles. The van der Waals surface area contributed by atoms with Crippen LogP contribution in [0.25, 0.3) is 0 Å². The number of aliphatic hydroxyl groups is 1. The molecule has 0 saturated heterocycles. The van der Waals surface area contributed by atoms with E-state index in [1.807, 2.05) is 0 Å². The summed E-state index contributed by atoms with van der Waals surface area (Å²) in [6, 6.07) is 2.87. The number of hydrogen-bond acceptors (Lipinski definition) is 4. The Balaban J connectivity index is 2.23. The van der Waals surface area contributed by atoms with Gasteiger partial charge in [-0.15, -0.1) is 0 Å². The summed E-state index contributed by atoms with van der Waals surface area (Å²) in [7, 11) is -2.42. The highest BCUT2D eigenvalue weighted by Gasteiger charge is 2.31. The van der Waals surface area contributed by atoms with E-state index in [0.717, 1.165) is 12.8 Å². The predicted octanol–water partition coefficient (Wildman–Crippen LogP) is 2.16. The molecule has 20 heavy (non-hydrogen) atoms. The summed E-state index contributed by atoms with van der Waals surface area (Å²) in [5, 5.41) is 10.0. The van der Waals surface area contributed by atoms with Crippen molar-refractivity contribution in [3.63, 3.8) is 0 Å². The number of nitrogens with one attached hydrogen (secondary N) is 1. The quantitative estimate of drug-likeness (QED) is 0.788. The van der Waals surface area contributed by atoms with Crippen molar-refractivity contribution in [3.8, 4) is 5.75 Å². The maximum absolute atomic E-state index is 12.3. The van der Waals surface area contributed by atoms with Gasteiger partial charge in [0.1, 0.15) is 4.90 Å². The fourth-order valence-corrected chi connectivity index (χ4v) is 4.29. The summed E-state index contributed by atoms with van der Waals surface area (Å²) < 4.78 is 32.5. The van der Waals surface area contributed by atoms with Gasteiger partial charge in [-0.25, -0.2) is 13.1 Å². The second-order valence-electron chi connectivity index (χ2n) is 4.68. The Morgan fingerprint density at radius 1 is 1.55 bits per heavy atom. The molecule has 0 amide bonds.